The molecule has 9 nitrogen and oxygen atoms in total. The monoisotopic (exact) mass is 456 g/mol. The van der Waals surface area contributed by atoms with Crippen LogP contribution < -0.4 is 0 Å². The van der Waals surface area contributed by atoms with Crippen molar-refractivity contribution in [3.63, 3.8) is 0 Å². The predicted molar refractivity (Wildman–Crippen MR) is 114 cm³/mol. The lowest BCUT2D eigenvalue weighted by Gasteiger charge is -2.34. The van der Waals surface area contributed by atoms with E-state index >= 15 is 0 Å². The summed E-state index contributed by atoms with van der Waals surface area (Å²) in [6, 6.07) is 0. The number of carboxylic acid groups (broad SMARTS) is 1. The zero-order chi connectivity index (χ0) is 21.1. The Kier molecular flexibility index (Phi) is 6.75. The predicted octanol–water partition coefficient (Wildman–Crippen LogP) is 1.98. The van der Waals surface area contributed by atoms with E-state index in [-0.39, 0.29) is 24.1 Å². The van der Waals surface area contributed by atoms with Crippen molar-refractivity contribution in [2.75, 3.05) is 26.2 Å². The van der Waals surface area contributed by atoms with E-state index < -0.39 is 5.97 Å². The average molecular weight is 457 g/mol. The molecule has 3 heterocycles. The molecule has 0 spiro atoms. The van der Waals surface area contributed by atoms with Crippen LogP contribution in [0.4, 0.5) is 0 Å². The van der Waals surface area contributed by atoms with Gasteiger partial charge in [-0.2, -0.15) is 4.99 Å². The molecule has 1 saturated heterocycles. The quantitative estimate of drug-likeness (QED) is 0.511. The number of amidine groups is 1. The molecule has 0 saturated carbocycles. The van der Waals surface area contributed by atoms with Gasteiger partial charge in [0, 0.05) is 46.1 Å². The minimum Gasteiger partial charge on any atom is -0.493 e. The fourth-order valence-corrected chi connectivity index (χ4v) is 5.28. The highest BCUT2D eigenvalue weighted by atomic mass is 32.2. The van der Waals surface area contributed by atoms with Crippen LogP contribution in [0.5, 0.6) is 5.88 Å². The molecule has 156 valence electrons. The number of aliphatic carboxylic acids is 1. The number of thiazole rings is 1. The fraction of sp³-hybridized carbons (Fsp3) is 0.471. The molecule has 3 rings (SSSR count). The van der Waals surface area contributed by atoms with Crippen molar-refractivity contribution >= 4 is 64.3 Å². The first-order chi connectivity index (χ1) is 13.8. The first-order valence-corrected chi connectivity index (χ1v) is 11.0. The Morgan fingerprint density at radius 2 is 1.97 bits per heavy atom. The van der Waals surface area contributed by atoms with E-state index in [0.29, 0.717) is 58.0 Å². The Morgan fingerprint density at radius 1 is 1.28 bits per heavy atom. The number of nitrogens with zero attached hydrogens (tertiary/aromatic N) is 4. The molecule has 0 aromatic carbocycles. The van der Waals surface area contributed by atoms with Crippen LogP contribution in [0.2, 0.25) is 0 Å². The number of aromatic hydroxyl groups is 1. The zero-order valence-electron chi connectivity index (χ0n) is 15.7. The second-order valence-electron chi connectivity index (χ2n) is 6.51. The van der Waals surface area contributed by atoms with Gasteiger partial charge in [-0.1, -0.05) is 0 Å². The molecular formula is C17H20N4O5S3. The van der Waals surface area contributed by atoms with Crippen LogP contribution in [0.15, 0.2) is 9.90 Å². The van der Waals surface area contributed by atoms with Gasteiger partial charge < -0.3 is 20.0 Å². The van der Waals surface area contributed by atoms with E-state index in [2.05, 4.69) is 4.99 Å². The lowest BCUT2D eigenvalue weighted by molar-refractivity contribution is -0.137. The largest absolute Gasteiger partial charge is 0.493 e. The molecule has 0 atom stereocenters. The Hall–Kier alpha value is -2.18. The Labute approximate surface area is 180 Å². The summed E-state index contributed by atoms with van der Waals surface area (Å²) >= 11 is 7.64. The number of aliphatic imine (C=N–C) groups is 1. The Balaban J connectivity index is 1.68. The highest BCUT2D eigenvalue weighted by Gasteiger charge is 2.29. The number of carboxylic acids is 1. The van der Waals surface area contributed by atoms with Gasteiger partial charge in [0.15, 0.2) is 9.12 Å². The van der Waals surface area contributed by atoms with E-state index in [0.717, 1.165) is 11.3 Å². The molecule has 29 heavy (non-hydrogen) atoms. The third-order valence-corrected chi connectivity index (χ3v) is 6.96. The number of rotatable bonds is 5. The van der Waals surface area contributed by atoms with E-state index in [9.17, 15) is 19.5 Å². The van der Waals surface area contributed by atoms with Gasteiger partial charge >= 0.3 is 5.97 Å². The molecule has 2 amide bonds. The summed E-state index contributed by atoms with van der Waals surface area (Å²) in [4.78, 5) is 43.1. The van der Waals surface area contributed by atoms with Crippen molar-refractivity contribution in [1.82, 2.24) is 14.4 Å². The summed E-state index contributed by atoms with van der Waals surface area (Å²) in [6.07, 6.45) is 1.89. The Bertz CT molecular complexity index is 957. The standard InChI is InChI=1S/C17H20N4O5S3/c1-10(22)19-5-7-20(8-6-19)16-18-14(25)11(28-16)9-12-15(26)21(17(27)29-12)4-2-3-13(23)24/h9,26H,2-8H2,1H3,(H,23,24)/b11-9-. The number of piperazine rings is 1. The summed E-state index contributed by atoms with van der Waals surface area (Å²) in [6.45, 7) is 4.22. The molecule has 0 aliphatic carbocycles. The number of amides is 2. The minimum absolute atomic E-state index is 0.0179. The number of aromatic nitrogens is 1. The van der Waals surface area contributed by atoms with E-state index in [4.69, 9.17) is 17.3 Å². The maximum atomic E-state index is 12.3. The van der Waals surface area contributed by atoms with Gasteiger partial charge in [-0.3, -0.25) is 19.0 Å². The van der Waals surface area contributed by atoms with E-state index in [1.165, 1.54) is 23.3 Å². The SMILES string of the molecule is CC(=O)N1CCN(C2=NC(=O)/C(=C/c3sc(=S)n(CCCC(=O)O)c3O)S2)CC1. The van der Waals surface area contributed by atoms with Crippen LogP contribution in [-0.2, 0) is 20.9 Å². The molecule has 1 aromatic rings. The highest BCUT2D eigenvalue weighted by molar-refractivity contribution is 8.18. The maximum Gasteiger partial charge on any atom is 0.303 e. The molecule has 2 aliphatic heterocycles. The first-order valence-electron chi connectivity index (χ1n) is 8.93. The van der Waals surface area contributed by atoms with Crippen molar-refractivity contribution in [2.45, 2.75) is 26.3 Å². The van der Waals surface area contributed by atoms with Crippen molar-refractivity contribution < 1.29 is 24.6 Å². The summed E-state index contributed by atoms with van der Waals surface area (Å²) < 4.78 is 1.89. The fourth-order valence-electron chi connectivity index (χ4n) is 2.96. The van der Waals surface area contributed by atoms with Gasteiger partial charge in [-0.05, 0) is 36.5 Å². The first kappa shape index (κ1) is 21.5. The van der Waals surface area contributed by atoms with Crippen molar-refractivity contribution in [2.24, 2.45) is 4.99 Å². The normalized spacial score (nSPS) is 18.4. The van der Waals surface area contributed by atoms with Crippen LogP contribution in [0, 0.1) is 3.95 Å². The van der Waals surface area contributed by atoms with Crippen molar-refractivity contribution in [3.8, 4) is 5.88 Å². The van der Waals surface area contributed by atoms with Crippen LogP contribution in [0.3, 0.4) is 0 Å². The molecule has 1 fully saturated rings. The van der Waals surface area contributed by atoms with Crippen LogP contribution in [-0.4, -0.2) is 73.7 Å². The Morgan fingerprint density at radius 3 is 2.59 bits per heavy atom. The van der Waals surface area contributed by atoms with E-state index in [1.807, 2.05) is 4.90 Å². The highest BCUT2D eigenvalue weighted by Crippen LogP contribution is 2.35. The number of thioether (sulfide) groups is 1. The van der Waals surface area contributed by atoms with Gasteiger partial charge in [-0.15, -0.1) is 11.3 Å². The smallest absolute Gasteiger partial charge is 0.303 e. The summed E-state index contributed by atoms with van der Waals surface area (Å²) in [7, 11) is 0. The zero-order valence-corrected chi connectivity index (χ0v) is 18.1. The van der Waals surface area contributed by atoms with Crippen molar-refractivity contribution in [1.29, 1.82) is 0 Å². The minimum atomic E-state index is -0.907. The van der Waals surface area contributed by atoms with E-state index in [1.54, 1.807) is 11.0 Å². The lowest BCUT2D eigenvalue weighted by Crippen LogP contribution is -2.49. The summed E-state index contributed by atoms with van der Waals surface area (Å²) in [5.74, 6) is -1.33. The van der Waals surface area contributed by atoms with Crippen molar-refractivity contribution in [3.05, 3.63) is 13.7 Å². The number of carbonyl (C=O) groups is 3. The number of hydrogen-bond acceptors (Lipinski definition) is 8. The van der Waals surface area contributed by atoms with Gasteiger partial charge in [0.25, 0.3) is 5.91 Å². The molecule has 0 bridgehead atoms. The van der Waals surface area contributed by atoms with Gasteiger partial charge in [0.2, 0.25) is 11.8 Å². The lowest BCUT2D eigenvalue weighted by atomic mass is 10.3. The maximum absolute atomic E-state index is 12.3. The van der Waals surface area contributed by atoms with Crippen LogP contribution in [0.25, 0.3) is 6.08 Å². The second kappa shape index (κ2) is 9.09. The molecule has 12 heteroatoms. The van der Waals surface area contributed by atoms with Gasteiger partial charge in [0.05, 0.1) is 9.78 Å². The third kappa shape index (κ3) is 5.06. The molecular weight excluding hydrogens is 436 g/mol. The molecule has 0 radical (unpaired) electrons. The van der Waals surface area contributed by atoms with Crippen LogP contribution >= 0.6 is 35.3 Å². The molecule has 1 aromatic heterocycles. The van der Waals surface area contributed by atoms with Crippen LogP contribution in [0.1, 0.15) is 24.6 Å². The third-order valence-electron chi connectivity index (χ3n) is 4.53. The van der Waals surface area contributed by atoms with Gasteiger partial charge in [0.1, 0.15) is 0 Å². The van der Waals surface area contributed by atoms with Gasteiger partial charge in [-0.25, -0.2) is 0 Å². The number of hydrogen-bond donors (Lipinski definition) is 2. The summed E-state index contributed by atoms with van der Waals surface area (Å²) in [5, 5.41) is 19.8. The second-order valence-corrected chi connectivity index (χ2v) is 9.19. The topological polar surface area (TPSA) is 115 Å². The number of carbonyl (C=O) groups excluding carboxylic acids is 2. The summed E-state index contributed by atoms with van der Waals surface area (Å²) in [5.41, 5.74) is 0. The molecule has 2 N–H and O–H groups in total. The average Bonchev–Trinajstić information content (AvgIpc) is 3.16. The molecule has 2 aliphatic rings. The molecule has 0 unspecified atom stereocenters.